The maximum Gasteiger partial charge on any atom is 0.122 e. The van der Waals surface area contributed by atoms with E-state index >= 15 is 0 Å². The van der Waals surface area contributed by atoms with Crippen LogP contribution in [0.5, 0.6) is 0 Å². The summed E-state index contributed by atoms with van der Waals surface area (Å²) in [5.41, 5.74) is 6.67. The minimum absolute atomic E-state index is 0.103. The molecule has 1 rings (SSSR count). The lowest BCUT2D eigenvalue weighted by molar-refractivity contribution is 0.0552. The van der Waals surface area contributed by atoms with Crippen molar-refractivity contribution < 1.29 is 9.47 Å². The van der Waals surface area contributed by atoms with E-state index in [9.17, 15) is 0 Å². The van der Waals surface area contributed by atoms with Gasteiger partial charge in [0, 0.05) is 25.1 Å². The quantitative estimate of drug-likeness (QED) is 0.778. The van der Waals surface area contributed by atoms with E-state index in [-0.39, 0.29) is 6.10 Å². The van der Waals surface area contributed by atoms with Crippen LogP contribution in [0, 0.1) is 0 Å². The molecule has 5 heteroatoms. The van der Waals surface area contributed by atoms with Crippen LogP contribution in [0.1, 0.15) is 48.4 Å². The third-order valence-corrected chi connectivity index (χ3v) is 3.67. The van der Waals surface area contributed by atoms with Crippen LogP contribution < -0.4 is 5.73 Å². The summed E-state index contributed by atoms with van der Waals surface area (Å²) in [5.74, 6) is 0. The lowest BCUT2D eigenvalue weighted by atomic mass is 10.2. The Balaban J connectivity index is 2.86. The number of ether oxygens (including phenoxy) is 2. The van der Waals surface area contributed by atoms with Gasteiger partial charge in [0.1, 0.15) is 11.1 Å². The molecule has 0 amide bonds. The second kappa shape index (κ2) is 7.76. The number of nitrogens with zero attached hydrogens (tertiary/aromatic N) is 1. The zero-order valence-corrected chi connectivity index (χ0v) is 11.7. The van der Waals surface area contributed by atoms with Crippen LogP contribution in [0.4, 0.5) is 0 Å². The summed E-state index contributed by atoms with van der Waals surface area (Å²) in [4.78, 5) is 5.70. The van der Waals surface area contributed by atoms with Crippen molar-refractivity contribution in [3.63, 3.8) is 0 Å². The maximum absolute atomic E-state index is 5.73. The maximum atomic E-state index is 5.73. The van der Waals surface area contributed by atoms with Crippen LogP contribution in [0.3, 0.4) is 0 Å². The first-order valence-corrected chi connectivity index (χ1v) is 6.87. The molecule has 1 aromatic rings. The molecule has 4 nitrogen and oxygen atoms in total. The molecule has 0 fully saturated rings. The van der Waals surface area contributed by atoms with E-state index in [1.807, 2.05) is 6.92 Å². The van der Waals surface area contributed by atoms with Crippen LogP contribution in [0.15, 0.2) is 0 Å². The molecule has 17 heavy (non-hydrogen) atoms. The molecule has 1 heterocycles. The third kappa shape index (κ3) is 4.03. The van der Waals surface area contributed by atoms with Crippen molar-refractivity contribution >= 4 is 11.3 Å². The van der Waals surface area contributed by atoms with Crippen molar-refractivity contribution in [3.8, 4) is 0 Å². The second-order valence-electron chi connectivity index (χ2n) is 3.79. The molecule has 0 saturated carbocycles. The molecular formula is C12H22N2O2S. The summed E-state index contributed by atoms with van der Waals surface area (Å²) in [6.07, 6.45) is 2.19. The van der Waals surface area contributed by atoms with Gasteiger partial charge < -0.3 is 15.2 Å². The number of methoxy groups -OCH3 is 1. The first-order chi connectivity index (χ1) is 8.26. The average molecular weight is 258 g/mol. The fourth-order valence-electron chi connectivity index (χ4n) is 1.69. The summed E-state index contributed by atoms with van der Waals surface area (Å²) in [6.45, 7) is 5.91. The number of rotatable bonds is 8. The number of hydrogen-bond donors (Lipinski definition) is 1. The first kappa shape index (κ1) is 14.6. The second-order valence-corrected chi connectivity index (χ2v) is 4.91. The monoisotopic (exact) mass is 258 g/mol. The lowest BCUT2D eigenvalue weighted by Crippen LogP contribution is -2.04. The molecule has 98 valence electrons. The van der Waals surface area contributed by atoms with Crippen LogP contribution in [0.25, 0.3) is 0 Å². The van der Waals surface area contributed by atoms with Crippen molar-refractivity contribution in [2.24, 2.45) is 5.73 Å². The highest BCUT2D eigenvalue weighted by molar-refractivity contribution is 7.11. The van der Waals surface area contributed by atoms with Gasteiger partial charge in [0.15, 0.2) is 0 Å². The van der Waals surface area contributed by atoms with Gasteiger partial charge in [0.2, 0.25) is 0 Å². The molecule has 0 radical (unpaired) electrons. The Morgan fingerprint density at radius 2 is 2.18 bits per heavy atom. The van der Waals surface area contributed by atoms with Crippen molar-refractivity contribution in [2.75, 3.05) is 13.7 Å². The van der Waals surface area contributed by atoms with Gasteiger partial charge in [-0.1, -0.05) is 13.3 Å². The lowest BCUT2D eigenvalue weighted by Gasteiger charge is -2.12. The van der Waals surface area contributed by atoms with E-state index in [0.717, 1.165) is 28.4 Å². The predicted molar refractivity (Wildman–Crippen MR) is 70.0 cm³/mol. The van der Waals surface area contributed by atoms with Gasteiger partial charge in [-0.3, -0.25) is 0 Å². The summed E-state index contributed by atoms with van der Waals surface area (Å²) in [7, 11) is 1.67. The molecule has 0 saturated heterocycles. The summed E-state index contributed by atoms with van der Waals surface area (Å²) >= 11 is 1.65. The SMILES string of the molecule is CCCC(OCC)c1nc(COC)c(CN)s1. The largest absolute Gasteiger partial charge is 0.378 e. The standard InChI is InChI=1S/C12H22N2O2S/c1-4-6-10(16-5-2)12-14-9(8-15-3)11(7-13)17-12/h10H,4-8,13H2,1-3H3. The minimum atomic E-state index is 0.103. The van der Waals surface area contributed by atoms with Crippen LogP contribution in [-0.2, 0) is 22.6 Å². The van der Waals surface area contributed by atoms with E-state index in [0.29, 0.717) is 19.8 Å². The Hall–Kier alpha value is -0.490. The van der Waals surface area contributed by atoms with Gasteiger partial charge in [-0.2, -0.15) is 0 Å². The number of nitrogens with two attached hydrogens (primary N) is 1. The Bertz CT molecular complexity index is 322. The Labute approximate surface area is 107 Å². The van der Waals surface area contributed by atoms with Crippen molar-refractivity contribution in [3.05, 3.63) is 15.6 Å². The van der Waals surface area contributed by atoms with Crippen LogP contribution >= 0.6 is 11.3 Å². The summed E-state index contributed by atoms with van der Waals surface area (Å²) in [5, 5.41) is 1.03. The molecule has 1 aromatic heterocycles. The van der Waals surface area contributed by atoms with E-state index in [4.69, 9.17) is 15.2 Å². The number of thiazole rings is 1. The van der Waals surface area contributed by atoms with Crippen molar-refractivity contribution in [2.45, 2.75) is 45.9 Å². The fraction of sp³-hybridized carbons (Fsp3) is 0.750. The number of hydrogen-bond acceptors (Lipinski definition) is 5. The van der Waals surface area contributed by atoms with E-state index in [2.05, 4.69) is 11.9 Å². The zero-order chi connectivity index (χ0) is 12.7. The number of aromatic nitrogens is 1. The molecule has 0 spiro atoms. The smallest absolute Gasteiger partial charge is 0.122 e. The van der Waals surface area contributed by atoms with E-state index in [1.165, 1.54) is 0 Å². The summed E-state index contributed by atoms with van der Waals surface area (Å²) < 4.78 is 10.9. The molecule has 0 aliphatic rings. The highest BCUT2D eigenvalue weighted by atomic mass is 32.1. The molecule has 0 bridgehead atoms. The molecule has 1 atom stereocenters. The molecule has 2 N–H and O–H groups in total. The Morgan fingerprint density at radius 3 is 2.71 bits per heavy atom. The van der Waals surface area contributed by atoms with Crippen molar-refractivity contribution in [1.82, 2.24) is 4.98 Å². The molecule has 0 aliphatic carbocycles. The third-order valence-electron chi connectivity index (χ3n) is 2.46. The molecule has 0 aliphatic heterocycles. The van der Waals surface area contributed by atoms with Crippen LogP contribution in [0.2, 0.25) is 0 Å². The normalized spacial score (nSPS) is 12.9. The fourth-order valence-corrected chi connectivity index (χ4v) is 2.72. The van der Waals surface area contributed by atoms with Gasteiger partial charge in [-0.05, 0) is 13.3 Å². The molecular weight excluding hydrogens is 236 g/mol. The average Bonchev–Trinajstić information content (AvgIpc) is 2.72. The Morgan fingerprint density at radius 1 is 1.41 bits per heavy atom. The molecule has 0 aromatic carbocycles. The Kier molecular flexibility index (Phi) is 6.65. The van der Waals surface area contributed by atoms with Gasteiger partial charge in [0.05, 0.1) is 12.3 Å². The molecule has 1 unspecified atom stereocenters. The van der Waals surface area contributed by atoms with E-state index in [1.54, 1.807) is 18.4 Å². The van der Waals surface area contributed by atoms with Crippen molar-refractivity contribution in [1.29, 1.82) is 0 Å². The van der Waals surface area contributed by atoms with Gasteiger partial charge in [0.25, 0.3) is 0 Å². The van der Waals surface area contributed by atoms with Gasteiger partial charge in [-0.25, -0.2) is 4.98 Å². The highest BCUT2D eigenvalue weighted by Gasteiger charge is 2.18. The minimum Gasteiger partial charge on any atom is -0.378 e. The topological polar surface area (TPSA) is 57.4 Å². The predicted octanol–water partition coefficient (Wildman–Crippen LogP) is 2.63. The summed E-state index contributed by atoms with van der Waals surface area (Å²) in [6, 6.07) is 0. The highest BCUT2D eigenvalue weighted by Crippen LogP contribution is 2.29. The zero-order valence-electron chi connectivity index (χ0n) is 10.9. The first-order valence-electron chi connectivity index (χ1n) is 6.05. The van der Waals surface area contributed by atoms with E-state index < -0.39 is 0 Å². The van der Waals surface area contributed by atoms with Gasteiger partial charge in [-0.15, -0.1) is 11.3 Å². The van der Waals surface area contributed by atoms with Gasteiger partial charge >= 0.3 is 0 Å². The van der Waals surface area contributed by atoms with Crippen LogP contribution in [-0.4, -0.2) is 18.7 Å².